The van der Waals surface area contributed by atoms with Gasteiger partial charge in [0.2, 0.25) is 0 Å². The van der Waals surface area contributed by atoms with Crippen LogP contribution >= 0.6 is 15.9 Å². The number of non-ortho nitro benzene ring substituents is 1. The van der Waals surface area contributed by atoms with E-state index < -0.39 is 4.92 Å². The first-order valence-electron chi connectivity index (χ1n) is 9.61. The zero-order valence-electron chi connectivity index (χ0n) is 16.6. The van der Waals surface area contributed by atoms with Crippen molar-refractivity contribution < 1.29 is 9.66 Å². The summed E-state index contributed by atoms with van der Waals surface area (Å²) in [6.07, 6.45) is 2.10. The van der Waals surface area contributed by atoms with Crippen molar-refractivity contribution in [1.82, 2.24) is 0 Å². The molecule has 0 bridgehead atoms. The van der Waals surface area contributed by atoms with Crippen LogP contribution in [-0.4, -0.2) is 16.9 Å². The third kappa shape index (κ3) is 7.38. The molecule has 0 atom stereocenters. The van der Waals surface area contributed by atoms with Gasteiger partial charge in [0.1, 0.15) is 5.75 Å². The molecule has 0 aromatic heterocycles. The molecule has 0 spiro atoms. The molecule has 0 unspecified atom stereocenters. The van der Waals surface area contributed by atoms with Gasteiger partial charge in [0.05, 0.1) is 34.3 Å². The number of ether oxygens (including phenoxy) is 1. The smallest absolute Gasteiger partial charge is 0.269 e. The molecule has 0 aliphatic carbocycles. The fraction of sp³-hybridized carbons (Fsp3) is 0.182. The normalized spacial score (nSPS) is 11.3. The Morgan fingerprint density at radius 1 is 0.710 bits per heavy atom. The minimum absolute atomic E-state index is 0.0149. The highest BCUT2D eigenvalue weighted by Crippen LogP contribution is 2.25. The molecule has 3 aromatic carbocycles. The number of nitro benzene ring substituents is 1. The van der Waals surface area contributed by atoms with E-state index >= 15 is 0 Å². The van der Waals surface area contributed by atoms with Gasteiger partial charge in [0, 0.05) is 17.5 Å². The van der Waals surface area contributed by atoms with Gasteiger partial charge in [-0.2, -0.15) is 20.5 Å². The van der Waals surface area contributed by atoms with E-state index in [9.17, 15) is 10.1 Å². The van der Waals surface area contributed by atoms with Crippen molar-refractivity contribution in [3.8, 4) is 5.75 Å². The van der Waals surface area contributed by atoms with Gasteiger partial charge >= 0.3 is 0 Å². The summed E-state index contributed by atoms with van der Waals surface area (Å²) in [5.74, 6) is 0.816. The second-order valence-electron chi connectivity index (χ2n) is 6.43. The molecule has 8 nitrogen and oxygen atoms in total. The maximum absolute atomic E-state index is 10.7. The second-order valence-corrected chi connectivity index (χ2v) is 7.22. The van der Waals surface area contributed by atoms with Gasteiger partial charge in [-0.1, -0.05) is 15.9 Å². The van der Waals surface area contributed by atoms with Crippen LogP contribution in [0.15, 0.2) is 93.3 Å². The summed E-state index contributed by atoms with van der Waals surface area (Å²) in [5, 5.41) is 28.3. The fourth-order valence-corrected chi connectivity index (χ4v) is 2.85. The Morgan fingerprint density at radius 2 is 1.13 bits per heavy atom. The van der Waals surface area contributed by atoms with Gasteiger partial charge in [-0.05, 0) is 73.5 Å². The van der Waals surface area contributed by atoms with Crippen LogP contribution < -0.4 is 4.74 Å². The minimum Gasteiger partial charge on any atom is -0.494 e. The maximum atomic E-state index is 10.7. The maximum Gasteiger partial charge on any atom is 0.269 e. The minimum atomic E-state index is -0.455. The molecular weight excluding hydrogens is 462 g/mol. The summed E-state index contributed by atoms with van der Waals surface area (Å²) in [6, 6.07) is 20.5. The zero-order chi connectivity index (χ0) is 21.9. The number of nitro groups is 1. The lowest BCUT2D eigenvalue weighted by atomic mass is 10.3. The molecule has 0 saturated heterocycles. The van der Waals surface area contributed by atoms with E-state index in [2.05, 4.69) is 36.4 Å². The molecule has 3 rings (SSSR count). The summed E-state index contributed by atoms with van der Waals surface area (Å²) in [5.41, 5.74) is 2.60. The number of rotatable bonds is 10. The lowest BCUT2D eigenvalue weighted by Gasteiger charge is -2.05. The van der Waals surface area contributed by atoms with Crippen LogP contribution in [0.1, 0.15) is 12.8 Å². The van der Waals surface area contributed by atoms with Crippen molar-refractivity contribution in [3.63, 3.8) is 0 Å². The molecule has 9 heteroatoms. The Balaban J connectivity index is 1.53. The van der Waals surface area contributed by atoms with Gasteiger partial charge in [0.25, 0.3) is 5.69 Å². The Labute approximate surface area is 188 Å². The molecule has 0 N–H and O–H groups in total. The lowest BCUT2D eigenvalue weighted by Crippen LogP contribution is -1.96. The summed E-state index contributed by atoms with van der Waals surface area (Å²) in [4.78, 5) is 10.2. The first kappa shape index (κ1) is 22.2. The summed E-state index contributed by atoms with van der Waals surface area (Å²) < 4.78 is 5.67. The van der Waals surface area contributed by atoms with Gasteiger partial charge in [-0.3, -0.25) is 10.1 Å². The van der Waals surface area contributed by atoms with Crippen LogP contribution in [0.2, 0.25) is 0 Å². The number of nitrogens with zero attached hydrogens (tertiary/aromatic N) is 5. The predicted molar refractivity (Wildman–Crippen MR) is 123 cm³/mol. The van der Waals surface area contributed by atoms with E-state index in [4.69, 9.17) is 4.74 Å². The van der Waals surface area contributed by atoms with Crippen LogP contribution in [0, 0.1) is 10.1 Å². The number of unbranched alkanes of at least 4 members (excludes halogenated alkanes) is 1. The molecule has 158 valence electrons. The number of benzene rings is 3. The van der Waals surface area contributed by atoms with E-state index in [1.54, 1.807) is 36.4 Å². The Hall–Kier alpha value is -3.46. The number of alkyl halides is 1. The van der Waals surface area contributed by atoms with Crippen molar-refractivity contribution in [2.24, 2.45) is 20.5 Å². The molecule has 0 amide bonds. The summed E-state index contributed by atoms with van der Waals surface area (Å²) in [6.45, 7) is 0.695. The highest BCUT2D eigenvalue weighted by Gasteiger charge is 2.03. The third-order valence-electron chi connectivity index (χ3n) is 4.11. The third-order valence-corrected chi connectivity index (χ3v) is 4.67. The molecular formula is C22H20BrN5O3. The highest BCUT2D eigenvalue weighted by atomic mass is 79.9. The van der Waals surface area contributed by atoms with Gasteiger partial charge in [-0.15, -0.1) is 0 Å². The van der Waals surface area contributed by atoms with Crippen molar-refractivity contribution in [1.29, 1.82) is 0 Å². The average molecular weight is 482 g/mol. The second kappa shape index (κ2) is 11.7. The van der Waals surface area contributed by atoms with Gasteiger partial charge in [-0.25, -0.2) is 0 Å². The number of azo groups is 2. The Kier molecular flexibility index (Phi) is 8.36. The van der Waals surface area contributed by atoms with E-state index in [0.29, 0.717) is 23.7 Å². The van der Waals surface area contributed by atoms with E-state index in [-0.39, 0.29) is 5.69 Å². The zero-order valence-corrected chi connectivity index (χ0v) is 18.2. The van der Waals surface area contributed by atoms with Crippen LogP contribution in [-0.2, 0) is 0 Å². The fourth-order valence-electron chi connectivity index (χ4n) is 2.45. The summed E-state index contributed by atoms with van der Waals surface area (Å²) >= 11 is 3.40. The average Bonchev–Trinajstić information content (AvgIpc) is 2.81. The molecule has 0 fully saturated rings. The number of halogens is 1. The first-order valence-corrected chi connectivity index (χ1v) is 10.7. The van der Waals surface area contributed by atoms with Crippen molar-refractivity contribution >= 4 is 44.4 Å². The Bertz CT molecular complexity index is 1040. The van der Waals surface area contributed by atoms with Gasteiger partial charge < -0.3 is 4.74 Å². The predicted octanol–water partition coefficient (Wildman–Crippen LogP) is 7.98. The molecule has 3 aromatic rings. The van der Waals surface area contributed by atoms with Crippen molar-refractivity contribution in [2.45, 2.75) is 12.8 Å². The molecule has 0 saturated carbocycles. The quantitative estimate of drug-likeness (QED) is 0.0962. The van der Waals surface area contributed by atoms with E-state index in [1.807, 2.05) is 24.3 Å². The summed E-state index contributed by atoms with van der Waals surface area (Å²) in [7, 11) is 0. The van der Waals surface area contributed by atoms with Crippen LogP contribution in [0.3, 0.4) is 0 Å². The standard InChI is InChI=1S/C22H20BrN5O3/c23-15-1-2-16-31-22-13-9-20(10-14-22)27-25-18-5-3-17(4-6-18)24-26-19-7-11-21(12-8-19)28(29)30/h3-14H,1-2,15-16H2. The largest absolute Gasteiger partial charge is 0.494 e. The van der Waals surface area contributed by atoms with Crippen molar-refractivity contribution in [3.05, 3.63) is 82.9 Å². The lowest BCUT2D eigenvalue weighted by molar-refractivity contribution is -0.384. The topological polar surface area (TPSA) is 102 Å². The van der Waals surface area contributed by atoms with Crippen LogP contribution in [0.4, 0.5) is 28.4 Å². The molecule has 0 aliphatic heterocycles. The molecule has 0 heterocycles. The number of hydrogen-bond acceptors (Lipinski definition) is 7. The Morgan fingerprint density at radius 3 is 1.55 bits per heavy atom. The van der Waals surface area contributed by atoms with E-state index in [1.165, 1.54) is 12.1 Å². The monoisotopic (exact) mass is 481 g/mol. The first-order chi connectivity index (χ1) is 15.1. The van der Waals surface area contributed by atoms with Crippen molar-refractivity contribution in [2.75, 3.05) is 11.9 Å². The number of hydrogen-bond donors (Lipinski definition) is 0. The molecule has 31 heavy (non-hydrogen) atoms. The molecule has 0 radical (unpaired) electrons. The SMILES string of the molecule is O=[N+]([O-])c1ccc(N=Nc2ccc(N=Nc3ccc(OCCCCBr)cc3)cc2)cc1. The van der Waals surface area contributed by atoms with Crippen LogP contribution in [0.5, 0.6) is 5.75 Å². The highest BCUT2D eigenvalue weighted by molar-refractivity contribution is 9.09. The van der Waals surface area contributed by atoms with E-state index in [0.717, 1.165) is 29.6 Å². The van der Waals surface area contributed by atoms with Gasteiger partial charge in [0.15, 0.2) is 0 Å². The van der Waals surface area contributed by atoms with Crippen LogP contribution in [0.25, 0.3) is 0 Å². The molecule has 0 aliphatic rings.